The largest absolute Gasteiger partial charge is 0.497 e. The Hall–Kier alpha value is -2.24. The molecule has 0 atom stereocenters. The van der Waals surface area contributed by atoms with E-state index in [0.717, 1.165) is 37.4 Å². The Bertz CT molecular complexity index is 537. The number of methoxy groups -OCH3 is 1. The first-order chi connectivity index (χ1) is 11.6. The summed E-state index contributed by atoms with van der Waals surface area (Å²) in [6.45, 7) is 5.55. The van der Waals surface area contributed by atoms with E-state index in [4.69, 9.17) is 4.74 Å². The molecule has 2 amide bonds. The molecular formula is C18H27N3O3. The molecule has 1 aromatic rings. The van der Waals surface area contributed by atoms with Crippen LogP contribution in [0.5, 0.6) is 5.75 Å². The molecule has 0 aromatic heterocycles. The minimum absolute atomic E-state index is 0.0494. The third-order valence-electron chi connectivity index (χ3n) is 4.23. The van der Waals surface area contributed by atoms with Gasteiger partial charge in [-0.05, 0) is 30.7 Å². The van der Waals surface area contributed by atoms with Gasteiger partial charge in [-0.3, -0.25) is 9.59 Å². The highest BCUT2D eigenvalue weighted by molar-refractivity contribution is 5.96. The molecule has 1 aromatic carbocycles. The summed E-state index contributed by atoms with van der Waals surface area (Å²) in [7, 11) is 1.65. The average molecular weight is 333 g/mol. The predicted molar refractivity (Wildman–Crippen MR) is 94.3 cm³/mol. The predicted octanol–water partition coefficient (Wildman–Crippen LogP) is 1.65. The Morgan fingerprint density at radius 3 is 2.38 bits per heavy atom. The van der Waals surface area contributed by atoms with Crippen LogP contribution in [0.25, 0.3) is 0 Å². The summed E-state index contributed by atoms with van der Waals surface area (Å²) in [6, 6.07) is 7.93. The number of carbonyl (C=O) groups is 2. The van der Waals surface area contributed by atoms with Crippen LogP contribution in [0.4, 0.5) is 5.69 Å². The molecule has 2 rings (SSSR count). The molecule has 0 aliphatic carbocycles. The molecule has 1 heterocycles. The Kier molecular flexibility index (Phi) is 6.90. The maximum absolute atomic E-state index is 12.2. The van der Waals surface area contributed by atoms with Gasteiger partial charge in [0.25, 0.3) is 0 Å². The van der Waals surface area contributed by atoms with E-state index in [1.54, 1.807) is 12.0 Å². The molecule has 1 N–H and O–H groups in total. The number of hydrogen-bond acceptors (Lipinski definition) is 4. The van der Waals surface area contributed by atoms with Gasteiger partial charge in [0.15, 0.2) is 0 Å². The summed E-state index contributed by atoms with van der Waals surface area (Å²) >= 11 is 0. The Morgan fingerprint density at radius 2 is 1.79 bits per heavy atom. The van der Waals surface area contributed by atoms with Crippen LogP contribution in [-0.4, -0.2) is 56.5 Å². The topological polar surface area (TPSA) is 61.9 Å². The van der Waals surface area contributed by atoms with Crippen LogP contribution in [0, 0.1) is 0 Å². The van der Waals surface area contributed by atoms with E-state index in [0.29, 0.717) is 19.6 Å². The van der Waals surface area contributed by atoms with Crippen molar-refractivity contribution in [3.63, 3.8) is 0 Å². The van der Waals surface area contributed by atoms with Gasteiger partial charge in [-0.25, -0.2) is 0 Å². The van der Waals surface area contributed by atoms with Gasteiger partial charge >= 0.3 is 0 Å². The van der Waals surface area contributed by atoms with E-state index >= 15 is 0 Å². The molecule has 132 valence electrons. The number of unbranched alkanes of at least 4 members (excludes halogenated alkanes) is 1. The normalized spacial score (nSPS) is 14.4. The zero-order valence-corrected chi connectivity index (χ0v) is 14.6. The van der Waals surface area contributed by atoms with Crippen LogP contribution >= 0.6 is 0 Å². The third kappa shape index (κ3) is 5.15. The molecule has 6 heteroatoms. The highest BCUT2D eigenvalue weighted by Crippen LogP contribution is 2.20. The fourth-order valence-corrected chi connectivity index (χ4v) is 2.72. The average Bonchev–Trinajstić information content (AvgIpc) is 2.62. The molecule has 0 spiro atoms. The van der Waals surface area contributed by atoms with Gasteiger partial charge in [0.1, 0.15) is 12.2 Å². The zero-order valence-electron chi connectivity index (χ0n) is 14.6. The molecule has 0 radical (unpaired) electrons. The van der Waals surface area contributed by atoms with Gasteiger partial charge in [-0.2, -0.15) is 0 Å². The van der Waals surface area contributed by atoms with Gasteiger partial charge < -0.3 is 19.9 Å². The first-order valence-corrected chi connectivity index (χ1v) is 8.57. The second kappa shape index (κ2) is 9.15. The quantitative estimate of drug-likeness (QED) is 0.609. The molecule has 0 bridgehead atoms. The molecule has 0 unspecified atom stereocenters. The van der Waals surface area contributed by atoms with E-state index < -0.39 is 0 Å². The Morgan fingerprint density at radius 1 is 1.12 bits per heavy atom. The van der Waals surface area contributed by atoms with Crippen LogP contribution in [0.3, 0.4) is 0 Å². The summed E-state index contributed by atoms with van der Waals surface area (Å²) in [6.07, 6.45) is 1.92. The lowest BCUT2D eigenvalue weighted by Crippen LogP contribution is -2.49. The van der Waals surface area contributed by atoms with Gasteiger partial charge in [-0.15, -0.1) is 0 Å². The van der Waals surface area contributed by atoms with Crippen LogP contribution in [0.2, 0.25) is 0 Å². The Balaban J connectivity index is 1.77. The van der Waals surface area contributed by atoms with Gasteiger partial charge in [0, 0.05) is 38.4 Å². The van der Waals surface area contributed by atoms with E-state index in [2.05, 4.69) is 17.1 Å². The minimum atomic E-state index is -0.175. The van der Waals surface area contributed by atoms with Crippen molar-refractivity contribution in [1.29, 1.82) is 0 Å². The number of carbonyl (C=O) groups excluding carboxylic acids is 2. The maximum Gasteiger partial charge on any atom is 0.232 e. The number of anilines is 1. The number of benzene rings is 1. The van der Waals surface area contributed by atoms with Crippen molar-refractivity contribution in [2.24, 2.45) is 0 Å². The number of hydrogen-bond donors (Lipinski definition) is 1. The van der Waals surface area contributed by atoms with Crippen molar-refractivity contribution in [3.05, 3.63) is 24.3 Å². The number of amides is 2. The highest BCUT2D eigenvalue weighted by Gasteiger charge is 2.22. The van der Waals surface area contributed by atoms with Crippen LogP contribution in [0.15, 0.2) is 24.3 Å². The fourth-order valence-electron chi connectivity index (χ4n) is 2.72. The number of nitrogens with zero attached hydrogens (tertiary/aromatic N) is 2. The molecule has 1 saturated heterocycles. The molecule has 1 fully saturated rings. The summed E-state index contributed by atoms with van der Waals surface area (Å²) in [5.74, 6) is 0.575. The monoisotopic (exact) mass is 333 g/mol. The fraction of sp³-hybridized carbons (Fsp3) is 0.556. The van der Waals surface area contributed by atoms with Crippen molar-refractivity contribution >= 4 is 17.5 Å². The molecule has 1 aliphatic heterocycles. The Labute approximate surface area is 143 Å². The summed E-state index contributed by atoms with van der Waals surface area (Å²) in [5, 5.41) is 2.79. The number of rotatable bonds is 7. The summed E-state index contributed by atoms with van der Waals surface area (Å²) in [4.78, 5) is 28.0. The first-order valence-electron chi connectivity index (χ1n) is 8.57. The lowest BCUT2D eigenvalue weighted by Gasteiger charge is -2.36. The van der Waals surface area contributed by atoms with Gasteiger partial charge in [0.2, 0.25) is 11.8 Å². The van der Waals surface area contributed by atoms with E-state index in [9.17, 15) is 9.59 Å². The van der Waals surface area contributed by atoms with Crippen LogP contribution in [-0.2, 0) is 9.59 Å². The second-order valence-corrected chi connectivity index (χ2v) is 5.95. The molecule has 1 aliphatic rings. The third-order valence-corrected chi connectivity index (χ3v) is 4.23. The molecule has 0 saturated carbocycles. The smallest absolute Gasteiger partial charge is 0.232 e. The summed E-state index contributed by atoms with van der Waals surface area (Å²) < 4.78 is 5.17. The standard InChI is InChI=1S/C18H27N3O3/c1-3-4-9-19-17(22)14-18(23)21-12-10-20(11-13-21)15-5-7-16(24-2)8-6-15/h5-8H,3-4,9-14H2,1-2H3,(H,19,22). The van der Waals surface area contributed by atoms with Crippen molar-refractivity contribution in [2.75, 3.05) is 44.7 Å². The van der Waals surface area contributed by atoms with Crippen molar-refractivity contribution < 1.29 is 14.3 Å². The SMILES string of the molecule is CCCCNC(=O)CC(=O)N1CCN(c2ccc(OC)cc2)CC1. The van der Waals surface area contributed by atoms with Crippen molar-refractivity contribution in [3.8, 4) is 5.75 Å². The molecular weight excluding hydrogens is 306 g/mol. The van der Waals surface area contributed by atoms with E-state index in [-0.39, 0.29) is 18.2 Å². The first kappa shape index (κ1) is 18.1. The zero-order chi connectivity index (χ0) is 17.4. The van der Waals surface area contributed by atoms with E-state index in [1.807, 2.05) is 24.3 Å². The maximum atomic E-state index is 12.2. The second-order valence-electron chi connectivity index (χ2n) is 5.95. The number of nitrogens with one attached hydrogen (secondary N) is 1. The van der Waals surface area contributed by atoms with Crippen LogP contribution in [0.1, 0.15) is 26.2 Å². The highest BCUT2D eigenvalue weighted by atomic mass is 16.5. The molecule has 24 heavy (non-hydrogen) atoms. The lowest BCUT2D eigenvalue weighted by molar-refractivity contribution is -0.136. The summed E-state index contributed by atoms with van der Waals surface area (Å²) in [5.41, 5.74) is 1.13. The van der Waals surface area contributed by atoms with Crippen molar-refractivity contribution in [2.45, 2.75) is 26.2 Å². The number of ether oxygens (including phenoxy) is 1. The lowest BCUT2D eigenvalue weighted by atomic mass is 10.2. The van der Waals surface area contributed by atoms with Crippen LogP contribution < -0.4 is 15.0 Å². The minimum Gasteiger partial charge on any atom is -0.497 e. The number of piperazine rings is 1. The van der Waals surface area contributed by atoms with Crippen molar-refractivity contribution in [1.82, 2.24) is 10.2 Å². The van der Waals surface area contributed by atoms with Gasteiger partial charge in [0.05, 0.1) is 7.11 Å². The van der Waals surface area contributed by atoms with Gasteiger partial charge in [-0.1, -0.05) is 13.3 Å². The molecule has 6 nitrogen and oxygen atoms in total. The van der Waals surface area contributed by atoms with E-state index in [1.165, 1.54) is 0 Å².